The number of fused-ring (bicyclic) bond motifs is 6. The smallest absolute Gasteiger partial charge is 0.297 e. The first-order valence-corrected chi connectivity index (χ1v) is 21.8. The maximum absolute atomic E-state index is 6.54. The summed E-state index contributed by atoms with van der Waals surface area (Å²) in [6.07, 6.45) is 18.1. The lowest BCUT2D eigenvalue weighted by atomic mass is 9.35. The average molecular weight is 663 g/mol. The molecule has 5 aromatic rings. The number of anilines is 6. The maximum Gasteiger partial charge on any atom is 0.297 e. The van der Waals surface area contributed by atoms with Gasteiger partial charge in [0.15, 0.2) is 0 Å². The fraction of sp³-hybridized carbons (Fsp3) is 0.364. The minimum Gasteiger partial charge on any atom is -0.476 e. The van der Waals surface area contributed by atoms with Gasteiger partial charge in [0.2, 0.25) is 0 Å². The van der Waals surface area contributed by atoms with Gasteiger partial charge in [-0.1, -0.05) is 152 Å². The van der Waals surface area contributed by atoms with E-state index >= 15 is 0 Å². The van der Waals surface area contributed by atoms with Crippen LogP contribution in [0.5, 0.6) is 0 Å². The molecular formula is C44H51BN2OSi. The van der Waals surface area contributed by atoms with E-state index in [1.807, 2.05) is 6.26 Å². The molecule has 0 fully saturated rings. The van der Waals surface area contributed by atoms with Crippen LogP contribution in [0.2, 0.25) is 12.1 Å². The largest absolute Gasteiger partial charge is 0.476 e. The Bertz CT molecular complexity index is 1880. The van der Waals surface area contributed by atoms with Crippen molar-refractivity contribution in [2.75, 3.05) is 9.80 Å². The minimum atomic E-state index is -2.10. The molecule has 0 unspecified atom stereocenters. The van der Waals surface area contributed by atoms with Crippen LogP contribution in [0.4, 0.5) is 34.1 Å². The van der Waals surface area contributed by atoms with E-state index in [2.05, 4.69) is 121 Å². The molecular weight excluding hydrogens is 611 g/mol. The highest BCUT2D eigenvalue weighted by Crippen LogP contribution is 2.46. The van der Waals surface area contributed by atoms with E-state index in [4.69, 9.17) is 4.42 Å². The van der Waals surface area contributed by atoms with Crippen molar-refractivity contribution in [1.29, 1.82) is 0 Å². The summed E-state index contributed by atoms with van der Waals surface area (Å²) >= 11 is 0. The second-order valence-electron chi connectivity index (χ2n) is 14.7. The SMILES string of the molecule is CCCCCCCC[Si]1(CCCCCCCC)c2ccccc2N2c3cccc4c3B(c3cccc1c32)c1occc1N4c1ccccc1. The molecule has 1 aromatic heterocycles. The molecule has 0 aliphatic carbocycles. The monoisotopic (exact) mass is 662 g/mol. The minimum absolute atomic E-state index is 0.0717. The van der Waals surface area contributed by atoms with E-state index in [1.165, 1.54) is 129 Å². The maximum atomic E-state index is 6.54. The van der Waals surface area contributed by atoms with Gasteiger partial charge in [0.05, 0.1) is 17.6 Å². The molecule has 4 heterocycles. The zero-order chi connectivity index (χ0) is 33.2. The third kappa shape index (κ3) is 5.49. The van der Waals surface area contributed by atoms with Gasteiger partial charge in [0.1, 0.15) is 8.07 Å². The number of rotatable bonds is 15. The summed E-state index contributed by atoms with van der Waals surface area (Å²) < 4.78 is 6.54. The first-order valence-electron chi connectivity index (χ1n) is 19.4. The number of benzene rings is 4. The van der Waals surface area contributed by atoms with Crippen molar-refractivity contribution in [3.63, 3.8) is 0 Å². The van der Waals surface area contributed by atoms with Gasteiger partial charge in [0.25, 0.3) is 6.71 Å². The summed E-state index contributed by atoms with van der Waals surface area (Å²) in [4.78, 5) is 5.08. The van der Waals surface area contributed by atoms with E-state index < -0.39 is 8.07 Å². The van der Waals surface area contributed by atoms with Crippen LogP contribution in [0.15, 0.2) is 108 Å². The average Bonchev–Trinajstić information content (AvgIpc) is 3.63. The van der Waals surface area contributed by atoms with Crippen molar-refractivity contribution in [2.24, 2.45) is 0 Å². The van der Waals surface area contributed by atoms with Crippen molar-refractivity contribution in [3.8, 4) is 0 Å². The summed E-state index contributed by atoms with van der Waals surface area (Å²) in [7, 11) is -2.10. The van der Waals surface area contributed by atoms with Crippen LogP contribution in [0.25, 0.3) is 0 Å². The molecule has 0 saturated heterocycles. The number of furan rings is 1. The Morgan fingerprint density at radius 3 is 1.86 bits per heavy atom. The predicted molar refractivity (Wildman–Crippen MR) is 214 cm³/mol. The van der Waals surface area contributed by atoms with Gasteiger partial charge in [-0.2, -0.15) is 0 Å². The lowest BCUT2D eigenvalue weighted by Gasteiger charge is -2.50. The number of nitrogens with zero attached hydrogens (tertiary/aromatic N) is 2. The van der Waals surface area contributed by atoms with Crippen molar-refractivity contribution >= 4 is 75.9 Å². The first kappa shape index (κ1) is 32.3. The van der Waals surface area contributed by atoms with Gasteiger partial charge in [0, 0.05) is 28.4 Å². The Kier molecular flexibility index (Phi) is 9.29. The van der Waals surface area contributed by atoms with Gasteiger partial charge < -0.3 is 14.2 Å². The molecule has 0 bridgehead atoms. The molecule has 3 nitrogen and oxygen atoms in total. The summed E-state index contributed by atoms with van der Waals surface area (Å²) in [6, 6.07) is 39.6. The van der Waals surface area contributed by atoms with Crippen molar-refractivity contribution in [1.82, 2.24) is 0 Å². The lowest BCUT2D eigenvalue weighted by Crippen LogP contribution is -2.68. The highest BCUT2D eigenvalue weighted by molar-refractivity contribution is 7.06. The summed E-state index contributed by atoms with van der Waals surface area (Å²) in [6.45, 7) is 4.72. The fourth-order valence-electron chi connectivity index (χ4n) is 9.45. The molecule has 0 N–H and O–H groups in total. The van der Waals surface area contributed by atoms with E-state index in [9.17, 15) is 0 Å². The summed E-state index contributed by atoms with van der Waals surface area (Å²) in [5.41, 5.74) is 11.6. The van der Waals surface area contributed by atoms with Crippen molar-refractivity contribution < 1.29 is 4.42 Å². The molecule has 0 amide bonds. The van der Waals surface area contributed by atoms with E-state index in [0.717, 1.165) is 11.3 Å². The van der Waals surface area contributed by atoms with Crippen LogP contribution in [0, 0.1) is 0 Å². The Balaban J connectivity index is 1.28. The molecule has 5 heteroatoms. The van der Waals surface area contributed by atoms with Crippen molar-refractivity contribution in [2.45, 2.75) is 103 Å². The molecule has 3 aliphatic rings. The van der Waals surface area contributed by atoms with Gasteiger partial charge in [-0.25, -0.2) is 0 Å². The highest BCUT2D eigenvalue weighted by Gasteiger charge is 2.51. The van der Waals surface area contributed by atoms with Crippen molar-refractivity contribution in [3.05, 3.63) is 103 Å². The van der Waals surface area contributed by atoms with Crippen LogP contribution >= 0.6 is 0 Å². The summed E-state index contributed by atoms with van der Waals surface area (Å²) in [5.74, 6) is 0. The molecule has 0 atom stereocenters. The number of para-hydroxylation sites is 3. The molecule has 0 spiro atoms. The fourth-order valence-corrected chi connectivity index (χ4v) is 15.0. The van der Waals surface area contributed by atoms with Crippen LogP contribution < -0.4 is 36.8 Å². The van der Waals surface area contributed by atoms with Crippen LogP contribution in [0.1, 0.15) is 90.9 Å². The van der Waals surface area contributed by atoms with Crippen LogP contribution in [-0.2, 0) is 0 Å². The molecule has 8 rings (SSSR count). The second-order valence-corrected chi connectivity index (χ2v) is 18.9. The second kappa shape index (κ2) is 14.1. The predicted octanol–water partition coefficient (Wildman–Crippen LogP) is 9.96. The molecule has 3 aliphatic heterocycles. The zero-order valence-electron chi connectivity index (χ0n) is 29.6. The Morgan fingerprint density at radius 1 is 0.531 bits per heavy atom. The quantitative estimate of drug-likeness (QED) is 0.0805. The third-order valence-corrected chi connectivity index (χ3v) is 17.0. The van der Waals surface area contributed by atoms with E-state index in [1.54, 1.807) is 10.4 Å². The van der Waals surface area contributed by atoms with Gasteiger partial charge in [-0.15, -0.1) is 0 Å². The first-order chi connectivity index (χ1) is 24.3. The van der Waals surface area contributed by atoms with Gasteiger partial charge in [-0.3, -0.25) is 0 Å². The molecule has 250 valence electrons. The highest BCUT2D eigenvalue weighted by atomic mass is 28.3. The molecule has 49 heavy (non-hydrogen) atoms. The van der Waals surface area contributed by atoms with Gasteiger partial charge in [-0.05, 0) is 69.8 Å². The van der Waals surface area contributed by atoms with E-state index in [0.29, 0.717) is 0 Å². The topological polar surface area (TPSA) is 19.6 Å². The normalized spacial score (nSPS) is 14.7. The molecule has 0 radical (unpaired) electrons. The van der Waals surface area contributed by atoms with E-state index in [-0.39, 0.29) is 6.71 Å². The number of unbranched alkanes of at least 4 members (excludes halogenated alkanes) is 10. The summed E-state index contributed by atoms with van der Waals surface area (Å²) in [5, 5.41) is 3.33. The van der Waals surface area contributed by atoms with Crippen LogP contribution in [0.3, 0.4) is 0 Å². The Labute approximate surface area is 295 Å². The lowest BCUT2D eigenvalue weighted by molar-refractivity contribution is 0.600. The standard InChI is InChI=1S/C44H51BN2OSi/c1-3-5-7-9-11-18-32-49(33-19-12-10-8-6-4-2)40-28-17-16-25-36(40)47-38-27-21-26-37-42(38)45(35-24-20-29-41(49)43(35)47)44-39(30-31-48-44)46(37)34-22-14-13-15-23-34/h13-17,20-31H,3-12,18-19,32-33H2,1-2H3. The van der Waals surface area contributed by atoms with Crippen LogP contribution in [-0.4, -0.2) is 14.8 Å². The molecule has 4 aromatic carbocycles. The zero-order valence-corrected chi connectivity index (χ0v) is 30.6. The Hall–Kier alpha value is -3.96. The number of hydrogen-bond donors (Lipinski definition) is 0. The third-order valence-electron chi connectivity index (χ3n) is 11.7. The van der Waals surface area contributed by atoms with Gasteiger partial charge >= 0.3 is 0 Å². The molecule has 0 saturated carbocycles. The Morgan fingerprint density at radius 2 is 1.12 bits per heavy atom. The number of hydrogen-bond acceptors (Lipinski definition) is 3.